The van der Waals surface area contributed by atoms with Crippen LogP contribution < -0.4 is 4.90 Å². The number of benzene rings is 10. The Kier molecular flexibility index (Phi) is 8.18. The molecule has 0 N–H and O–H groups in total. The molecule has 0 saturated carbocycles. The lowest BCUT2D eigenvalue weighted by atomic mass is 9.95. The Morgan fingerprint density at radius 1 is 0.279 bits per heavy atom. The topological polar surface area (TPSA) is 52.2 Å². The molecule has 14 rings (SSSR count). The maximum Gasteiger partial charge on any atom is 0.268 e. The van der Waals surface area contributed by atoms with E-state index in [0.29, 0.717) is 22.5 Å². The minimum Gasteiger partial charge on any atom is -0.309 e. The summed E-state index contributed by atoms with van der Waals surface area (Å²) in [5, 5.41) is 6.77. The van der Waals surface area contributed by atoms with E-state index in [1.807, 2.05) is 91.0 Å². The largest absolute Gasteiger partial charge is 0.309 e. The molecule has 0 spiro atoms. The fourth-order valence-electron chi connectivity index (χ4n) is 11.1. The Hall–Kier alpha value is -9.26. The van der Waals surface area contributed by atoms with E-state index >= 15 is 9.59 Å². The maximum absolute atomic E-state index is 15.7. The van der Waals surface area contributed by atoms with E-state index in [9.17, 15) is 0 Å². The molecule has 0 atom stereocenters. The van der Waals surface area contributed by atoms with Gasteiger partial charge >= 0.3 is 0 Å². The second-order valence-corrected chi connectivity index (χ2v) is 17.6. The van der Waals surface area contributed by atoms with Gasteiger partial charge in [-0.15, -0.1) is 0 Å². The third kappa shape index (κ3) is 5.40. The fourth-order valence-corrected chi connectivity index (χ4v) is 11.1. The third-order valence-corrected chi connectivity index (χ3v) is 14.0. The molecule has 318 valence electrons. The van der Waals surface area contributed by atoms with Crippen LogP contribution in [0.15, 0.2) is 231 Å². The van der Waals surface area contributed by atoms with Gasteiger partial charge in [0.15, 0.2) is 0 Å². The Balaban J connectivity index is 1.05. The molecule has 68 heavy (non-hydrogen) atoms. The first-order chi connectivity index (χ1) is 33.6. The van der Waals surface area contributed by atoms with Gasteiger partial charge in [0.2, 0.25) is 0 Å². The molecule has 2 amide bonds. The van der Waals surface area contributed by atoms with Crippen molar-refractivity contribution in [3.05, 3.63) is 242 Å². The summed E-state index contributed by atoms with van der Waals surface area (Å²) in [5.41, 5.74) is 13.6. The van der Waals surface area contributed by atoms with Gasteiger partial charge in [-0.2, -0.15) is 0 Å². The molecular weight excluding hydrogens is 833 g/mol. The number of anilines is 1. The molecule has 1 aliphatic heterocycles. The standard InChI is InChI=1S/C62H38N4O2/c67-61-51-27-16-32-56(59(51)62(68)66(61)60-43(39-17-3-1-4-18-39)25-15-26-44(60)40-19-5-2-6-20-40)65-57-37-41(63-52-28-11-7-21-45(52)46-22-8-12-29-53(46)63)33-35-49(57)50-36-34-42(38-58(50)65)64-54-30-13-9-23-47(54)48-24-10-14-31-55(48)64/h1-38H. The highest BCUT2D eigenvalue weighted by Crippen LogP contribution is 2.46. The maximum atomic E-state index is 15.7. The summed E-state index contributed by atoms with van der Waals surface area (Å²) in [6.07, 6.45) is 0. The number of carbonyl (C=O) groups is 2. The second kappa shape index (κ2) is 14.6. The average Bonchev–Trinajstić information content (AvgIpc) is 4.10. The van der Waals surface area contributed by atoms with Crippen molar-refractivity contribution in [2.24, 2.45) is 0 Å². The van der Waals surface area contributed by atoms with Gasteiger partial charge in [0.1, 0.15) is 0 Å². The van der Waals surface area contributed by atoms with Crippen LogP contribution in [-0.4, -0.2) is 25.5 Å². The summed E-state index contributed by atoms with van der Waals surface area (Å²) in [7, 11) is 0. The van der Waals surface area contributed by atoms with E-state index in [1.54, 1.807) is 6.07 Å². The van der Waals surface area contributed by atoms with Crippen LogP contribution in [0.3, 0.4) is 0 Å². The Morgan fingerprint density at radius 3 is 1.12 bits per heavy atom. The van der Waals surface area contributed by atoms with Gasteiger partial charge in [0.05, 0.1) is 55.6 Å². The van der Waals surface area contributed by atoms with Crippen molar-refractivity contribution in [3.8, 4) is 39.3 Å². The molecule has 6 nitrogen and oxygen atoms in total. The zero-order valence-electron chi connectivity index (χ0n) is 36.5. The van der Waals surface area contributed by atoms with Crippen LogP contribution in [0.1, 0.15) is 20.7 Å². The van der Waals surface area contributed by atoms with Crippen LogP contribution in [0.25, 0.3) is 105 Å². The lowest BCUT2D eigenvalue weighted by molar-refractivity contribution is 0.0926. The predicted molar refractivity (Wildman–Crippen MR) is 278 cm³/mol. The first kappa shape index (κ1) is 38.1. The first-order valence-corrected chi connectivity index (χ1v) is 22.9. The van der Waals surface area contributed by atoms with Crippen molar-refractivity contribution >= 4 is 82.9 Å². The molecule has 13 aromatic rings. The van der Waals surface area contributed by atoms with E-state index in [0.717, 1.165) is 77.5 Å². The number of nitrogens with zero attached hydrogens (tertiary/aromatic N) is 4. The molecule has 0 radical (unpaired) electrons. The molecule has 0 saturated heterocycles. The van der Waals surface area contributed by atoms with E-state index in [4.69, 9.17) is 0 Å². The van der Waals surface area contributed by atoms with Crippen molar-refractivity contribution in [2.75, 3.05) is 4.90 Å². The van der Waals surface area contributed by atoms with Crippen molar-refractivity contribution in [2.45, 2.75) is 0 Å². The average molecular weight is 871 g/mol. The number of hydrogen-bond acceptors (Lipinski definition) is 2. The van der Waals surface area contributed by atoms with Crippen LogP contribution >= 0.6 is 0 Å². The minimum absolute atomic E-state index is 0.356. The normalized spacial score (nSPS) is 12.7. The van der Waals surface area contributed by atoms with Crippen LogP contribution in [0.4, 0.5) is 5.69 Å². The number of hydrogen-bond donors (Lipinski definition) is 0. The molecule has 1 aliphatic rings. The van der Waals surface area contributed by atoms with Crippen LogP contribution in [0.2, 0.25) is 0 Å². The fraction of sp³-hybridized carbons (Fsp3) is 0. The highest BCUT2D eigenvalue weighted by atomic mass is 16.2. The monoisotopic (exact) mass is 870 g/mol. The van der Waals surface area contributed by atoms with Crippen LogP contribution in [0.5, 0.6) is 0 Å². The van der Waals surface area contributed by atoms with Crippen molar-refractivity contribution in [3.63, 3.8) is 0 Å². The Morgan fingerprint density at radius 2 is 0.662 bits per heavy atom. The number of aromatic nitrogens is 3. The van der Waals surface area contributed by atoms with Gasteiger partial charge in [-0.1, -0.05) is 170 Å². The molecule has 3 aromatic heterocycles. The minimum atomic E-state index is -0.367. The number of rotatable bonds is 6. The van der Waals surface area contributed by atoms with Gasteiger partial charge in [-0.25, -0.2) is 4.90 Å². The van der Waals surface area contributed by atoms with Crippen molar-refractivity contribution in [1.29, 1.82) is 0 Å². The van der Waals surface area contributed by atoms with Gasteiger partial charge in [0, 0.05) is 54.8 Å². The third-order valence-electron chi connectivity index (χ3n) is 14.0. The molecule has 0 unspecified atom stereocenters. The molecule has 0 aliphatic carbocycles. The van der Waals surface area contributed by atoms with Crippen LogP contribution in [-0.2, 0) is 0 Å². The molecule has 10 aromatic carbocycles. The summed E-state index contributed by atoms with van der Waals surface area (Å²) in [6, 6.07) is 79.1. The number of fused-ring (bicyclic) bond motifs is 10. The summed E-state index contributed by atoms with van der Waals surface area (Å²) in [4.78, 5) is 32.4. The van der Waals surface area contributed by atoms with E-state index in [1.165, 1.54) is 26.4 Å². The quantitative estimate of drug-likeness (QED) is 0.156. The first-order valence-electron chi connectivity index (χ1n) is 22.9. The zero-order chi connectivity index (χ0) is 45.0. The van der Waals surface area contributed by atoms with Gasteiger partial charge in [-0.05, 0) is 71.8 Å². The Labute approximate surface area is 390 Å². The van der Waals surface area contributed by atoms with E-state index in [2.05, 4.69) is 147 Å². The number of carbonyl (C=O) groups excluding carboxylic acids is 2. The highest BCUT2D eigenvalue weighted by molar-refractivity contribution is 6.37. The molecule has 4 heterocycles. The van der Waals surface area contributed by atoms with E-state index in [-0.39, 0.29) is 11.8 Å². The van der Waals surface area contributed by atoms with Crippen molar-refractivity contribution in [1.82, 2.24) is 13.7 Å². The zero-order valence-corrected chi connectivity index (χ0v) is 36.5. The second-order valence-electron chi connectivity index (χ2n) is 17.6. The molecule has 0 bridgehead atoms. The summed E-state index contributed by atoms with van der Waals surface area (Å²) in [5.74, 6) is -0.724. The van der Waals surface area contributed by atoms with Crippen molar-refractivity contribution < 1.29 is 9.59 Å². The highest BCUT2D eigenvalue weighted by Gasteiger charge is 2.41. The lowest BCUT2D eigenvalue weighted by Crippen LogP contribution is -2.30. The number of para-hydroxylation sites is 5. The van der Waals surface area contributed by atoms with Gasteiger partial charge in [0.25, 0.3) is 11.8 Å². The molecular formula is C62H38N4O2. The molecule has 6 heteroatoms. The summed E-state index contributed by atoms with van der Waals surface area (Å²) in [6.45, 7) is 0. The Bertz CT molecular complexity index is 3920. The van der Waals surface area contributed by atoms with Gasteiger partial charge < -0.3 is 13.7 Å². The smallest absolute Gasteiger partial charge is 0.268 e. The number of amides is 2. The SMILES string of the molecule is O=C1c2cccc(-n3c4cc(-n5c6ccccc6c6ccccc65)ccc4c4ccc(-n5c6ccccc6c6ccccc65)cc43)c2C(=O)N1c1c(-c2ccccc2)cccc1-c1ccccc1. The predicted octanol–water partition coefficient (Wildman–Crippen LogP) is 15.1. The summed E-state index contributed by atoms with van der Waals surface area (Å²) < 4.78 is 6.87. The van der Waals surface area contributed by atoms with Gasteiger partial charge in [-0.3, -0.25) is 9.59 Å². The number of imide groups is 1. The lowest BCUT2D eigenvalue weighted by Gasteiger charge is -2.23. The van der Waals surface area contributed by atoms with Crippen LogP contribution in [0, 0.1) is 0 Å². The summed E-state index contributed by atoms with van der Waals surface area (Å²) >= 11 is 0. The molecule has 0 fully saturated rings. The van der Waals surface area contributed by atoms with E-state index < -0.39 is 0 Å².